The number of halogens is 1. The molecule has 0 saturated carbocycles. The first-order chi connectivity index (χ1) is 11.6. The number of rotatable bonds is 8. The van der Waals surface area contributed by atoms with E-state index in [9.17, 15) is 4.79 Å². The molecule has 0 aromatic heterocycles. The molecule has 0 spiro atoms. The molecule has 2 aromatic rings. The lowest BCUT2D eigenvalue weighted by Crippen LogP contribution is -2.27. The molecule has 0 heterocycles. The van der Waals surface area contributed by atoms with Crippen LogP contribution in [0.1, 0.15) is 16.8 Å². The van der Waals surface area contributed by atoms with Gasteiger partial charge < -0.3 is 19.7 Å². The minimum Gasteiger partial charge on any atom is -0.496 e. The maximum absolute atomic E-state index is 12.3. The number of benzene rings is 2. The number of carbonyl (C=O) groups is 1. The Kier molecular flexibility index (Phi) is 8.81. The van der Waals surface area contributed by atoms with Gasteiger partial charge in [0.05, 0.1) is 12.7 Å². The summed E-state index contributed by atoms with van der Waals surface area (Å²) in [7, 11) is 5.57. The van der Waals surface area contributed by atoms with Crippen molar-refractivity contribution in [1.82, 2.24) is 10.2 Å². The maximum Gasteiger partial charge on any atom is 0.255 e. The summed E-state index contributed by atoms with van der Waals surface area (Å²) in [6.07, 6.45) is 0.899. The number of hydrogen-bond acceptors (Lipinski definition) is 4. The van der Waals surface area contributed by atoms with Crippen LogP contribution in [0.3, 0.4) is 0 Å². The lowest BCUT2D eigenvalue weighted by Gasteiger charge is -2.13. The molecule has 0 bridgehead atoms. The number of amides is 1. The van der Waals surface area contributed by atoms with E-state index in [2.05, 4.69) is 10.2 Å². The number of hydrogen-bond donors (Lipinski definition) is 1. The zero-order valence-electron chi connectivity index (χ0n) is 14.8. The molecule has 2 rings (SSSR count). The van der Waals surface area contributed by atoms with Crippen molar-refractivity contribution in [2.24, 2.45) is 0 Å². The third-order valence-corrected chi connectivity index (χ3v) is 3.46. The Hall–Kier alpha value is -2.24. The van der Waals surface area contributed by atoms with Gasteiger partial charge in [-0.15, -0.1) is 12.4 Å². The number of nitrogens with one attached hydrogen (secondary N) is 1. The van der Waals surface area contributed by atoms with Crippen molar-refractivity contribution in [2.45, 2.75) is 6.42 Å². The van der Waals surface area contributed by atoms with E-state index < -0.39 is 0 Å². The van der Waals surface area contributed by atoms with Gasteiger partial charge in [-0.1, -0.05) is 18.2 Å². The molecule has 0 radical (unpaired) electrons. The van der Waals surface area contributed by atoms with Gasteiger partial charge in [0, 0.05) is 12.6 Å². The minimum atomic E-state index is -0.142. The Balaban J connectivity index is 0.00000312. The van der Waals surface area contributed by atoms with Crippen molar-refractivity contribution in [2.75, 3.05) is 34.3 Å². The first kappa shape index (κ1) is 20.8. The Labute approximate surface area is 155 Å². The smallest absolute Gasteiger partial charge is 0.255 e. The van der Waals surface area contributed by atoms with Crippen LogP contribution in [0.5, 0.6) is 17.2 Å². The van der Waals surface area contributed by atoms with Crippen LogP contribution in [-0.2, 0) is 0 Å². The monoisotopic (exact) mass is 364 g/mol. The standard InChI is InChI=1S/C19H24N2O3.ClH/c1-21(2)13-7-12-20-19(22)17-11-10-16(14-18(17)23-3)24-15-8-5-4-6-9-15;/h4-6,8-11,14H,7,12-13H2,1-3H3,(H,20,22);1H. The van der Waals surface area contributed by atoms with E-state index in [-0.39, 0.29) is 18.3 Å². The Morgan fingerprint density at radius 1 is 1.08 bits per heavy atom. The first-order valence-electron chi connectivity index (χ1n) is 7.94. The van der Waals surface area contributed by atoms with E-state index in [1.807, 2.05) is 44.4 Å². The van der Waals surface area contributed by atoms with Crippen LogP contribution in [0.2, 0.25) is 0 Å². The maximum atomic E-state index is 12.3. The summed E-state index contributed by atoms with van der Waals surface area (Å²) in [4.78, 5) is 14.4. The SMILES string of the molecule is COc1cc(Oc2ccccc2)ccc1C(=O)NCCCN(C)C.Cl. The number of carbonyl (C=O) groups excluding carboxylic acids is 1. The molecule has 25 heavy (non-hydrogen) atoms. The lowest BCUT2D eigenvalue weighted by atomic mass is 10.1. The van der Waals surface area contributed by atoms with Gasteiger partial charge in [0.15, 0.2) is 0 Å². The highest BCUT2D eigenvalue weighted by Gasteiger charge is 2.13. The molecule has 0 aliphatic heterocycles. The largest absolute Gasteiger partial charge is 0.496 e. The summed E-state index contributed by atoms with van der Waals surface area (Å²) >= 11 is 0. The van der Waals surface area contributed by atoms with Gasteiger partial charge in [0.2, 0.25) is 0 Å². The Bertz CT molecular complexity index is 663. The molecular weight excluding hydrogens is 340 g/mol. The highest BCUT2D eigenvalue weighted by molar-refractivity contribution is 5.97. The van der Waals surface area contributed by atoms with Crippen molar-refractivity contribution < 1.29 is 14.3 Å². The van der Waals surface area contributed by atoms with Gasteiger partial charge in [0.1, 0.15) is 17.2 Å². The van der Waals surface area contributed by atoms with Crippen LogP contribution in [0, 0.1) is 0 Å². The predicted octanol–water partition coefficient (Wildman–Crippen LogP) is 3.59. The van der Waals surface area contributed by atoms with Crippen molar-refractivity contribution in [3.63, 3.8) is 0 Å². The molecule has 0 fully saturated rings. The van der Waals surface area contributed by atoms with Crippen LogP contribution < -0.4 is 14.8 Å². The van der Waals surface area contributed by atoms with Gasteiger partial charge in [-0.25, -0.2) is 0 Å². The van der Waals surface area contributed by atoms with E-state index >= 15 is 0 Å². The lowest BCUT2D eigenvalue weighted by molar-refractivity contribution is 0.0949. The first-order valence-corrected chi connectivity index (χ1v) is 7.94. The van der Waals surface area contributed by atoms with Crippen LogP contribution in [-0.4, -0.2) is 45.1 Å². The molecule has 6 heteroatoms. The van der Waals surface area contributed by atoms with Gasteiger partial charge in [-0.05, 0) is 51.3 Å². The van der Waals surface area contributed by atoms with Crippen LogP contribution >= 0.6 is 12.4 Å². The fourth-order valence-corrected chi connectivity index (χ4v) is 2.24. The summed E-state index contributed by atoms with van der Waals surface area (Å²) < 4.78 is 11.1. The van der Waals surface area contributed by atoms with Gasteiger partial charge in [-0.2, -0.15) is 0 Å². The summed E-state index contributed by atoms with van der Waals surface area (Å²) in [5, 5.41) is 2.91. The third kappa shape index (κ3) is 6.64. The van der Waals surface area contributed by atoms with E-state index in [0.717, 1.165) is 18.7 Å². The number of para-hydroxylation sites is 1. The second-order valence-electron chi connectivity index (χ2n) is 5.69. The highest BCUT2D eigenvalue weighted by Crippen LogP contribution is 2.28. The minimum absolute atomic E-state index is 0. The molecule has 1 amide bonds. The normalized spacial score (nSPS) is 10.1. The van der Waals surface area contributed by atoms with Crippen LogP contribution in [0.15, 0.2) is 48.5 Å². The fourth-order valence-electron chi connectivity index (χ4n) is 2.24. The number of nitrogens with zero attached hydrogens (tertiary/aromatic N) is 1. The molecule has 5 nitrogen and oxygen atoms in total. The Morgan fingerprint density at radius 2 is 1.80 bits per heavy atom. The molecular formula is C19H25ClN2O3. The topological polar surface area (TPSA) is 50.8 Å². The van der Waals surface area contributed by atoms with Crippen molar-refractivity contribution in [1.29, 1.82) is 0 Å². The summed E-state index contributed by atoms with van der Waals surface area (Å²) in [5.41, 5.74) is 0.503. The molecule has 0 unspecified atom stereocenters. The quantitative estimate of drug-likeness (QED) is 0.727. The fraction of sp³-hybridized carbons (Fsp3) is 0.316. The number of ether oxygens (including phenoxy) is 2. The second-order valence-corrected chi connectivity index (χ2v) is 5.69. The molecule has 1 N–H and O–H groups in total. The van der Waals surface area contributed by atoms with Crippen molar-refractivity contribution >= 4 is 18.3 Å². The summed E-state index contributed by atoms with van der Waals surface area (Å²) in [6.45, 7) is 1.56. The third-order valence-electron chi connectivity index (χ3n) is 3.46. The molecule has 2 aromatic carbocycles. The van der Waals surface area contributed by atoms with E-state index in [1.54, 1.807) is 25.3 Å². The predicted molar refractivity (Wildman–Crippen MR) is 102 cm³/mol. The summed E-state index contributed by atoms with van der Waals surface area (Å²) in [6, 6.07) is 14.7. The second kappa shape index (κ2) is 10.6. The van der Waals surface area contributed by atoms with E-state index in [0.29, 0.717) is 23.6 Å². The van der Waals surface area contributed by atoms with Crippen LogP contribution in [0.4, 0.5) is 0 Å². The average Bonchev–Trinajstić information content (AvgIpc) is 2.59. The van der Waals surface area contributed by atoms with Crippen molar-refractivity contribution in [3.8, 4) is 17.2 Å². The van der Waals surface area contributed by atoms with Gasteiger partial charge in [0.25, 0.3) is 5.91 Å². The van der Waals surface area contributed by atoms with Gasteiger partial charge in [-0.3, -0.25) is 4.79 Å². The molecule has 136 valence electrons. The Morgan fingerprint density at radius 3 is 2.44 bits per heavy atom. The number of methoxy groups -OCH3 is 1. The van der Waals surface area contributed by atoms with Crippen molar-refractivity contribution in [3.05, 3.63) is 54.1 Å². The van der Waals surface area contributed by atoms with Gasteiger partial charge >= 0.3 is 0 Å². The molecule has 0 aliphatic carbocycles. The highest BCUT2D eigenvalue weighted by atomic mass is 35.5. The van der Waals surface area contributed by atoms with E-state index in [4.69, 9.17) is 9.47 Å². The zero-order chi connectivity index (χ0) is 17.4. The van der Waals surface area contributed by atoms with E-state index in [1.165, 1.54) is 0 Å². The summed E-state index contributed by atoms with van der Waals surface area (Å²) in [5.74, 6) is 1.72. The molecule has 0 saturated heterocycles. The van der Waals surface area contributed by atoms with Crippen LogP contribution in [0.25, 0.3) is 0 Å². The molecule has 0 atom stereocenters. The average molecular weight is 365 g/mol. The molecule has 0 aliphatic rings. The zero-order valence-corrected chi connectivity index (χ0v) is 15.6.